The third-order valence-corrected chi connectivity index (χ3v) is 2.83. The minimum atomic E-state index is -0.338. The summed E-state index contributed by atoms with van der Waals surface area (Å²) in [5.41, 5.74) is 0.990. The minimum absolute atomic E-state index is 0.319. The number of carbonyl (C=O) groups is 1. The van der Waals surface area contributed by atoms with Gasteiger partial charge in [0.25, 0.3) is 5.91 Å². The molecule has 0 spiro atoms. The first-order valence-electron chi connectivity index (χ1n) is 5.62. The number of nitrogens with one attached hydrogen (secondary N) is 1. The van der Waals surface area contributed by atoms with Gasteiger partial charge in [-0.15, -0.1) is 0 Å². The number of hydrogen-bond donors (Lipinski definition) is 1. The molecule has 1 amide bonds. The van der Waals surface area contributed by atoms with E-state index in [0.717, 1.165) is 0 Å². The number of carbonyl (C=O) groups excluding carboxylic acids is 1. The minimum Gasteiger partial charge on any atom is -0.495 e. The molecule has 0 saturated heterocycles. The van der Waals surface area contributed by atoms with Crippen molar-refractivity contribution in [2.45, 2.75) is 13.3 Å². The lowest BCUT2D eigenvalue weighted by atomic mass is 10.2. The molecular formula is C12H12ClN3O3. The second-order valence-corrected chi connectivity index (χ2v) is 4.12. The van der Waals surface area contributed by atoms with E-state index in [1.165, 1.54) is 13.2 Å². The van der Waals surface area contributed by atoms with Crippen LogP contribution < -0.4 is 10.1 Å². The summed E-state index contributed by atoms with van der Waals surface area (Å²) in [5, 5.41) is 10.3. The average Bonchev–Trinajstić information content (AvgIpc) is 2.85. The standard InChI is InChI=1S/C12H12ClN3O3/c1-3-9-11(16-19-15-9)14-12(17)7-4-5-10(18-2)8(13)6-7/h4-6H,3H2,1-2H3,(H,14,16,17). The van der Waals surface area contributed by atoms with Gasteiger partial charge in [0.1, 0.15) is 11.4 Å². The number of methoxy groups -OCH3 is 1. The van der Waals surface area contributed by atoms with Crippen LogP contribution in [-0.4, -0.2) is 23.3 Å². The van der Waals surface area contributed by atoms with Crippen LogP contribution in [0.5, 0.6) is 5.75 Å². The van der Waals surface area contributed by atoms with Crippen molar-refractivity contribution < 1.29 is 14.2 Å². The number of aromatic nitrogens is 2. The van der Waals surface area contributed by atoms with Crippen LogP contribution >= 0.6 is 11.6 Å². The maximum absolute atomic E-state index is 12.0. The topological polar surface area (TPSA) is 77.3 Å². The van der Waals surface area contributed by atoms with Gasteiger partial charge in [-0.2, -0.15) is 0 Å². The van der Waals surface area contributed by atoms with E-state index < -0.39 is 0 Å². The molecule has 19 heavy (non-hydrogen) atoms. The number of anilines is 1. The molecule has 0 atom stereocenters. The van der Waals surface area contributed by atoms with E-state index in [2.05, 4.69) is 20.3 Å². The molecule has 0 aliphatic heterocycles. The number of halogens is 1. The van der Waals surface area contributed by atoms with Gasteiger partial charge in [-0.25, -0.2) is 4.63 Å². The van der Waals surface area contributed by atoms with Gasteiger partial charge in [0.2, 0.25) is 5.82 Å². The number of ether oxygens (including phenoxy) is 1. The van der Waals surface area contributed by atoms with Crippen molar-refractivity contribution >= 4 is 23.3 Å². The molecule has 0 unspecified atom stereocenters. The number of rotatable bonds is 4. The Morgan fingerprint density at radius 2 is 2.26 bits per heavy atom. The quantitative estimate of drug-likeness (QED) is 0.932. The fourth-order valence-electron chi connectivity index (χ4n) is 1.52. The summed E-state index contributed by atoms with van der Waals surface area (Å²) >= 11 is 5.96. The van der Waals surface area contributed by atoms with Crippen LogP contribution in [0.25, 0.3) is 0 Å². The molecule has 1 N–H and O–H groups in total. The highest BCUT2D eigenvalue weighted by atomic mass is 35.5. The highest BCUT2D eigenvalue weighted by Crippen LogP contribution is 2.25. The zero-order valence-corrected chi connectivity index (χ0v) is 11.2. The van der Waals surface area contributed by atoms with Crippen molar-refractivity contribution in [2.24, 2.45) is 0 Å². The van der Waals surface area contributed by atoms with Gasteiger partial charge in [0.15, 0.2) is 0 Å². The molecule has 0 saturated carbocycles. The first kappa shape index (κ1) is 13.4. The summed E-state index contributed by atoms with van der Waals surface area (Å²) in [6.07, 6.45) is 0.614. The van der Waals surface area contributed by atoms with Crippen LogP contribution in [0.1, 0.15) is 23.0 Å². The number of aryl methyl sites for hydroxylation is 1. The number of hydrogen-bond acceptors (Lipinski definition) is 5. The van der Waals surface area contributed by atoms with Crippen LogP contribution in [0.15, 0.2) is 22.8 Å². The number of amides is 1. The van der Waals surface area contributed by atoms with E-state index in [1.807, 2.05) is 6.92 Å². The predicted octanol–water partition coefficient (Wildman–Crippen LogP) is 2.55. The largest absolute Gasteiger partial charge is 0.495 e. The molecule has 0 aliphatic rings. The van der Waals surface area contributed by atoms with Gasteiger partial charge in [0.05, 0.1) is 12.1 Å². The smallest absolute Gasteiger partial charge is 0.257 e. The normalized spacial score (nSPS) is 10.3. The van der Waals surface area contributed by atoms with Crippen molar-refractivity contribution in [2.75, 3.05) is 12.4 Å². The highest BCUT2D eigenvalue weighted by molar-refractivity contribution is 6.32. The molecule has 0 fully saturated rings. The van der Waals surface area contributed by atoms with Gasteiger partial charge in [-0.3, -0.25) is 4.79 Å². The van der Waals surface area contributed by atoms with E-state index >= 15 is 0 Å². The Balaban J connectivity index is 2.18. The molecule has 2 aromatic rings. The van der Waals surface area contributed by atoms with Crippen molar-refractivity contribution in [1.82, 2.24) is 10.3 Å². The predicted molar refractivity (Wildman–Crippen MR) is 69.6 cm³/mol. The number of nitrogens with zero attached hydrogens (tertiary/aromatic N) is 2. The second kappa shape index (κ2) is 5.71. The summed E-state index contributed by atoms with van der Waals surface area (Å²) in [4.78, 5) is 12.0. The van der Waals surface area contributed by atoms with Crippen LogP contribution in [0, 0.1) is 0 Å². The maximum Gasteiger partial charge on any atom is 0.257 e. The molecule has 1 aromatic heterocycles. The third-order valence-electron chi connectivity index (χ3n) is 2.54. The zero-order chi connectivity index (χ0) is 13.8. The Bertz CT molecular complexity index is 598. The number of benzene rings is 1. The molecular weight excluding hydrogens is 270 g/mol. The molecule has 0 bridgehead atoms. The molecule has 7 heteroatoms. The summed E-state index contributed by atoms with van der Waals surface area (Å²) in [5.74, 6) is 0.491. The summed E-state index contributed by atoms with van der Waals surface area (Å²) < 4.78 is 9.59. The molecule has 0 radical (unpaired) electrons. The van der Waals surface area contributed by atoms with E-state index in [4.69, 9.17) is 16.3 Å². The van der Waals surface area contributed by atoms with Gasteiger partial charge in [0, 0.05) is 5.56 Å². The van der Waals surface area contributed by atoms with Crippen LogP contribution in [-0.2, 0) is 6.42 Å². The zero-order valence-electron chi connectivity index (χ0n) is 10.4. The molecule has 100 valence electrons. The van der Waals surface area contributed by atoms with E-state index in [0.29, 0.717) is 34.3 Å². The summed E-state index contributed by atoms with van der Waals surface area (Å²) in [6, 6.07) is 4.76. The average molecular weight is 282 g/mol. The van der Waals surface area contributed by atoms with Crippen molar-refractivity contribution in [3.8, 4) is 5.75 Å². The van der Waals surface area contributed by atoms with Crippen molar-refractivity contribution in [1.29, 1.82) is 0 Å². The monoisotopic (exact) mass is 281 g/mol. The Hall–Kier alpha value is -2.08. The van der Waals surface area contributed by atoms with Crippen molar-refractivity contribution in [3.63, 3.8) is 0 Å². The second-order valence-electron chi connectivity index (χ2n) is 3.72. The lowest BCUT2D eigenvalue weighted by Gasteiger charge is -2.06. The van der Waals surface area contributed by atoms with Crippen LogP contribution in [0.2, 0.25) is 5.02 Å². The molecule has 0 aliphatic carbocycles. The van der Waals surface area contributed by atoms with E-state index in [1.54, 1.807) is 12.1 Å². The maximum atomic E-state index is 12.0. The van der Waals surface area contributed by atoms with Gasteiger partial charge < -0.3 is 10.1 Å². The lowest BCUT2D eigenvalue weighted by Crippen LogP contribution is -2.13. The highest BCUT2D eigenvalue weighted by Gasteiger charge is 2.14. The molecule has 2 rings (SSSR count). The Morgan fingerprint density at radius 1 is 1.47 bits per heavy atom. The Labute approximate surface area is 114 Å². The molecule has 1 aromatic carbocycles. The van der Waals surface area contributed by atoms with E-state index in [-0.39, 0.29) is 5.91 Å². The third kappa shape index (κ3) is 2.85. The summed E-state index contributed by atoms with van der Waals surface area (Å²) in [6.45, 7) is 1.89. The molecule has 6 nitrogen and oxygen atoms in total. The Kier molecular flexibility index (Phi) is 4.01. The fraction of sp³-hybridized carbons (Fsp3) is 0.250. The fourth-order valence-corrected chi connectivity index (χ4v) is 1.78. The van der Waals surface area contributed by atoms with Crippen molar-refractivity contribution in [3.05, 3.63) is 34.5 Å². The van der Waals surface area contributed by atoms with Crippen LogP contribution in [0.4, 0.5) is 5.82 Å². The summed E-state index contributed by atoms with van der Waals surface area (Å²) in [7, 11) is 1.51. The lowest BCUT2D eigenvalue weighted by molar-refractivity contribution is 0.102. The van der Waals surface area contributed by atoms with Crippen LogP contribution in [0.3, 0.4) is 0 Å². The first-order valence-corrected chi connectivity index (χ1v) is 5.99. The first-order chi connectivity index (χ1) is 9.15. The Morgan fingerprint density at radius 3 is 2.89 bits per heavy atom. The van der Waals surface area contributed by atoms with Gasteiger partial charge in [-0.05, 0) is 29.8 Å². The SMILES string of the molecule is CCc1nonc1NC(=O)c1ccc(OC)c(Cl)c1. The van der Waals surface area contributed by atoms with Gasteiger partial charge in [-0.1, -0.05) is 23.7 Å². The van der Waals surface area contributed by atoms with Gasteiger partial charge >= 0.3 is 0 Å². The van der Waals surface area contributed by atoms with E-state index in [9.17, 15) is 4.79 Å². The molecule has 1 heterocycles.